The predicted molar refractivity (Wildman–Crippen MR) is 52.2 cm³/mol. The highest BCUT2D eigenvalue weighted by Crippen LogP contribution is 2.49. The van der Waals surface area contributed by atoms with Crippen LogP contribution in [0, 0.1) is 22.2 Å². The van der Waals surface area contributed by atoms with Crippen molar-refractivity contribution in [3.63, 3.8) is 0 Å². The van der Waals surface area contributed by atoms with Gasteiger partial charge in [-0.15, -0.1) is 0 Å². The van der Waals surface area contributed by atoms with Crippen molar-refractivity contribution in [2.75, 3.05) is 6.54 Å². The SMILES string of the molecule is CCC1(CNC(=O)C2(C#N)CC2)CC1. The Hall–Kier alpha value is -1.04. The quantitative estimate of drug-likeness (QED) is 0.735. The number of nitriles is 1. The summed E-state index contributed by atoms with van der Waals surface area (Å²) in [7, 11) is 0. The van der Waals surface area contributed by atoms with Crippen LogP contribution in [0.2, 0.25) is 0 Å². The Morgan fingerprint density at radius 1 is 1.43 bits per heavy atom. The first-order valence-electron chi connectivity index (χ1n) is 5.36. The molecule has 3 heteroatoms. The zero-order valence-electron chi connectivity index (χ0n) is 8.60. The van der Waals surface area contributed by atoms with Gasteiger partial charge in [0.05, 0.1) is 6.07 Å². The smallest absolute Gasteiger partial charge is 0.240 e. The molecule has 76 valence electrons. The van der Waals surface area contributed by atoms with E-state index in [0.29, 0.717) is 5.41 Å². The molecule has 2 fully saturated rings. The van der Waals surface area contributed by atoms with Gasteiger partial charge in [-0.1, -0.05) is 6.92 Å². The Morgan fingerprint density at radius 3 is 2.43 bits per heavy atom. The molecule has 0 aliphatic heterocycles. The van der Waals surface area contributed by atoms with Crippen molar-refractivity contribution in [2.45, 2.75) is 39.0 Å². The number of carbonyl (C=O) groups excluding carboxylic acids is 1. The molecular weight excluding hydrogens is 176 g/mol. The minimum atomic E-state index is -0.649. The molecule has 2 saturated carbocycles. The molecule has 0 aromatic heterocycles. The number of amides is 1. The zero-order chi connectivity index (χ0) is 10.2. The van der Waals surface area contributed by atoms with E-state index in [1.165, 1.54) is 12.8 Å². The third kappa shape index (κ3) is 1.50. The molecule has 0 aromatic rings. The average Bonchev–Trinajstić information content (AvgIpc) is 3.10. The van der Waals surface area contributed by atoms with Crippen LogP contribution in [0.4, 0.5) is 0 Å². The Balaban J connectivity index is 1.82. The molecule has 0 radical (unpaired) electrons. The van der Waals surface area contributed by atoms with E-state index in [1.807, 2.05) is 0 Å². The van der Waals surface area contributed by atoms with Gasteiger partial charge in [-0.3, -0.25) is 4.79 Å². The van der Waals surface area contributed by atoms with Gasteiger partial charge < -0.3 is 5.32 Å². The van der Waals surface area contributed by atoms with Crippen molar-refractivity contribution >= 4 is 5.91 Å². The number of nitrogens with zero attached hydrogens (tertiary/aromatic N) is 1. The van der Waals surface area contributed by atoms with E-state index in [2.05, 4.69) is 18.3 Å². The third-order valence-corrected chi connectivity index (χ3v) is 3.73. The molecule has 0 spiro atoms. The first-order chi connectivity index (χ1) is 6.66. The summed E-state index contributed by atoms with van der Waals surface area (Å²) in [5.41, 5.74) is -0.273. The fourth-order valence-corrected chi connectivity index (χ4v) is 1.78. The van der Waals surface area contributed by atoms with Crippen molar-refractivity contribution in [3.05, 3.63) is 0 Å². The van der Waals surface area contributed by atoms with Crippen molar-refractivity contribution in [2.24, 2.45) is 10.8 Å². The Bertz CT molecular complexity index is 295. The van der Waals surface area contributed by atoms with E-state index in [1.54, 1.807) is 0 Å². The summed E-state index contributed by atoms with van der Waals surface area (Å²) in [6, 6.07) is 2.11. The number of nitrogens with one attached hydrogen (secondary N) is 1. The highest BCUT2D eigenvalue weighted by Gasteiger charge is 2.51. The lowest BCUT2D eigenvalue weighted by Crippen LogP contribution is -2.35. The summed E-state index contributed by atoms with van der Waals surface area (Å²) in [6.45, 7) is 2.93. The van der Waals surface area contributed by atoms with Crippen LogP contribution in [-0.4, -0.2) is 12.5 Å². The summed E-state index contributed by atoms with van der Waals surface area (Å²) in [6.07, 6.45) is 5.07. The van der Waals surface area contributed by atoms with Gasteiger partial charge in [-0.25, -0.2) is 0 Å². The Labute approximate surface area is 84.5 Å². The maximum absolute atomic E-state index is 11.6. The minimum Gasteiger partial charge on any atom is -0.354 e. The summed E-state index contributed by atoms with van der Waals surface area (Å²) in [5.74, 6) is -0.0419. The van der Waals surface area contributed by atoms with Gasteiger partial charge in [-0.2, -0.15) is 5.26 Å². The summed E-state index contributed by atoms with van der Waals surface area (Å²) in [5, 5.41) is 11.7. The second-order valence-corrected chi connectivity index (χ2v) is 4.73. The number of rotatable bonds is 4. The molecule has 2 aliphatic rings. The summed E-state index contributed by atoms with van der Waals surface area (Å²) < 4.78 is 0. The van der Waals surface area contributed by atoms with Crippen LogP contribution in [-0.2, 0) is 4.79 Å². The normalized spacial score (nSPS) is 24.9. The first kappa shape index (κ1) is 9.51. The number of hydrogen-bond donors (Lipinski definition) is 1. The van der Waals surface area contributed by atoms with Crippen LogP contribution in [0.1, 0.15) is 39.0 Å². The molecule has 0 saturated heterocycles. The lowest BCUT2D eigenvalue weighted by atomic mass is 10.0. The Kier molecular flexibility index (Phi) is 2.02. The second-order valence-electron chi connectivity index (χ2n) is 4.73. The largest absolute Gasteiger partial charge is 0.354 e. The van der Waals surface area contributed by atoms with Crippen LogP contribution in [0.5, 0.6) is 0 Å². The first-order valence-corrected chi connectivity index (χ1v) is 5.36. The molecule has 3 nitrogen and oxygen atoms in total. The van der Waals surface area contributed by atoms with Gasteiger partial charge in [0.25, 0.3) is 0 Å². The van der Waals surface area contributed by atoms with E-state index < -0.39 is 5.41 Å². The van der Waals surface area contributed by atoms with Crippen molar-refractivity contribution in [1.82, 2.24) is 5.32 Å². The monoisotopic (exact) mass is 192 g/mol. The van der Waals surface area contributed by atoms with Crippen molar-refractivity contribution < 1.29 is 4.79 Å². The van der Waals surface area contributed by atoms with Crippen LogP contribution in [0.15, 0.2) is 0 Å². The fraction of sp³-hybridized carbons (Fsp3) is 0.818. The molecule has 0 bridgehead atoms. The van der Waals surface area contributed by atoms with Gasteiger partial charge in [0.2, 0.25) is 5.91 Å². The van der Waals surface area contributed by atoms with Gasteiger partial charge >= 0.3 is 0 Å². The maximum atomic E-state index is 11.6. The van der Waals surface area contributed by atoms with Crippen LogP contribution < -0.4 is 5.32 Å². The summed E-state index contributed by atoms with van der Waals surface area (Å²) in [4.78, 5) is 11.6. The average molecular weight is 192 g/mol. The van der Waals surface area contributed by atoms with Gasteiger partial charge in [0, 0.05) is 6.54 Å². The van der Waals surface area contributed by atoms with Gasteiger partial charge in [0.15, 0.2) is 0 Å². The summed E-state index contributed by atoms with van der Waals surface area (Å²) >= 11 is 0. The number of carbonyl (C=O) groups is 1. The lowest BCUT2D eigenvalue weighted by molar-refractivity contribution is -0.124. The van der Waals surface area contributed by atoms with E-state index in [-0.39, 0.29) is 5.91 Å². The lowest BCUT2D eigenvalue weighted by Gasteiger charge is -2.14. The second kappa shape index (κ2) is 2.98. The van der Waals surface area contributed by atoms with Crippen molar-refractivity contribution in [1.29, 1.82) is 5.26 Å². The van der Waals surface area contributed by atoms with E-state index in [9.17, 15) is 4.79 Å². The predicted octanol–water partition coefficient (Wildman–Crippen LogP) is 1.60. The minimum absolute atomic E-state index is 0.0419. The van der Waals surface area contributed by atoms with E-state index in [0.717, 1.165) is 25.8 Å². The molecule has 2 aliphatic carbocycles. The molecular formula is C11H16N2O. The third-order valence-electron chi connectivity index (χ3n) is 3.73. The highest BCUT2D eigenvalue weighted by atomic mass is 16.2. The van der Waals surface area contributed by atoms with E-state index in [4.69, 9.17) is 5.26 Å². The Morgan fingerprint density at radius 2 is 2.07 bits per heavy atom. The van der Waals surface area contributed by atoms with Gasteiger partial charge in [-0.05, 0) is 37.5 Å². The molecule has 1 N–H and O–H groups in total. The maximum Gasteiger partial charge on any atom is 0.240 e. The standard InChI is InChI=1S/C11H16N2O/c1-2-10(3-4-10)8-13-9(14)11(7-12)5-6-11/h2-6,8H2,1H3,(H,13,14). The number of hydrogen-bond acceptors (Lipinski definition) is 2. The van der Waals surface area contributed by atoms with Crippen LogP contribution in [0.3, 0.4) is 0 Å². The molecule has 14 heavy (non-hydrogen) atoms. The van der Waals surface area contributed by atoms with Crippen LogP contribution in [0.25, 0.3) is 0 Å². The van der Waals surface area contributed by atoms with E-state index >= 15 is 0 Å². The topological polar surface area (TPSA) is 52.9 Å². The molecule has 0 aromatic carbocycles. The fourth-order valence-electron chi connectivity index (χ4n) is 1.78. The molecule has 0 heterocycles. The molecule has 0 unspecified atom stereocenters. The molecule has 2 rings (SSSR count). The zero-order valence-corrected chi connectivity index (χ0v) is 8.60. The van der Waals surface area contributed by atoms with Crippen molar-refractivity contribution in [3.8, 4) is 6.07 Å². The molecule has 1 amide bonds. The molecule has 0 atom stereocenters. The van der Waals surface area contributed by atoms with Crippen LogP contribution >= 0.6 is 0 Å². The van der Waals surface area contributed by atoms with Gasteiger partial charge in [0.1, 0.15) is 5.41 Å². The highest BCUT2D eigenvalue weighted by molar-refractivity contribution is 5.88.